The zero-order valence-corrected chi connectivity index (χ0v) is 23.1. The van der Waals surface area contributed by atoms with E-state index >= 15 is 8.78 Å². The number of amides is 1. The van der Waals surface area contributed by atoms with Crippen LogP contribution in [0, 0.1) is 17.6 Å². The van der Waals surface area contributed by atoms with Crippen LogP contribution in [0.3, 0.4) is 0 Å². The van der Waals surface area contributed by atoms with E-state index in [0.29, 0.717) is 17.8 Å². The minimum absolute atomic E-state index is 0.0651. The number of benzene rings is 1. The van der Waals surface area contributed by atoms with E-state index < -0.39 is 11.6 Å². The maximum Gasteiger partial charge on any atom is 0.217 e. The lowest BCUT2D eigenvalue weighted by atomic mass is 9.72. The second-order valence-electron chi connectivity index (χ2n) is 10.9. The fourth-order valence-electron chi connectivity index (χ4n) is 5.80. The number of ether oxygens (including phenoxy) is 1. The molecule has 0 spiro atoms. The summed E-state index contributed by atoms with van der Waals surface area (Å²) in [6.45, 7) is 7.21. The summed E-state index contributed by atoms with van der Waals surface area (Å²) in [5.74, 6) is -0.431. The van der Waals surface area contributed by atoms with Gasteiger partial charge >= 0.3 is 0 Å². The average molecular weight is 549 g/mol. The summed E-state index contributed by atoms with van der Waals surface area (Å²) in [7, 11) is 0. The first-order valence-corrected chi connectivity index (χ1v) is 13.6. The van der Waals surface area contributed by atoms with Gasteiger partial charge in [0.25, 0.3) is 0 Å². The molecule has 8 nitrogen and oxygen atoms in total. The highest BCUT2D eigenvalue weighted by atomic mass is 19.1. The summed E-state index contributed by atoms with van der Waals surface area (Å²) < 4.78 is 37.1. The quantitative estimate of drug-likeness (QED) is 0.344. The molecule has 10 heteroatoms. The number of hydrogen-bond acceptors (Lipinski definition) is 6. The first kappa shape index (κ1) is 27.6. The Morgan fingerprint density at radius 3 is 2.60 bits per heavy atom. The highest BCUT2D eigenvalue weighted by Gasteiger charge is 2.35. The molecule has 1 aliphatic rings. The van der Waals surface area contributed by atoms with Crippen LogP contribution in [0.15, 0.2) is 48.9 Å². The Hall–Kier alpha value is -3.92. The van der Waals surface area contributed by atoms with Gasteiger partial charge in [0.05, 0.1) is 29.1 Å². The molecule has 5 rings (SSSR count). The van der Waals surface area contributed by atoms with Crippen molar-refractivity contribution >= 4 is 11.4 Å². The van der Waals surface area contributed by atoms with Crippen LogP contribution >= 0.6 is 0 Å². The normalized spacial score (nSPS) is 21.1. The topological polar surface area (TPSA) is 107 Å². The van der Waals surface area contributed by atoms with Crippen molar-refractivity contribution in [1.82, 2.24) is 24.9 Å². The fourth-order valence-corrected chi connectivity index (χ4v) is 5.80. The Bertz CT molecular complexity index is 1500. The van der Waals surface area contributed by atoms with E-state index in [4.69, 9.17) is 10.5 Å². The summed E-state index contributed by atoms with van der Waals surface area (Å²) >= 11 is 0. The van der Waals surface area contributed by atoms with Crippen LogP contribution in [0.1, 0.15) is 63.4 Å². The molecule has 3 heterocycles. The second kappa shape index (κ2) is 11.3. The second-order valence-corrected chi connectivity index (χ2v) is 10.9. The molecule has 40 heavy (non-hydrogen) atoms. The third-order valence-corrected chi connectivity index (χ3v) is 7.49. The monoisotopic (exact) mass is 548 g/mol. The van der Waals surface area contributed by atoms with Crippen LogP contribution in [-0.4, -0.2) is 43.7 Å². The number of rotatable bonds is 7. The summed E-state index contributed by atoms with van der Waals surface area (Å²) in [5.41, 5.74) is 9.26. The van der Waals surface area contributed by atoms with Gasteiger partial charge in [-0.25, -0.2) is 18.3 Å². The molecular formula is C30H34F2N6O2. The lowest BCUT2D eigenvalue weighted by molar-refractivity contribution is -0.120. The third-order valence-electron chi connectivity index (χ3n) is 7.49. The maximum absolute atomic E-state index is 15.0. The number of imidazole rings is 1. The van der Waals surface area contributed by atoms with Gasteiger partial charge in [0, 0.05) is 50.0 Å². The Balaban J connectivity index is 1.44. The molecule has 4 atom stereocenters. The van der Waals surface area contributed by atoms with E-state index in [-0.39, 0.29) is 52.9 Å². The first-order chi connectivity index (χ1) is 19.1. The maximum atomic E-state index is 15.0. The Morgan fingerprint density at radius 1 is 1.18 bits per heavy atom. The van der Waals surface area contributed by atoms with E-state index in [2.05, 4.69) is 27.3 Å². The number of nitrogens with one attached hydrogen (secondary N) is 1. The van der Waals surface area contributed by atoms with Crippen molar-refractivity contribution in [3.05, 3.63) is 77.5 Å². The molecule has 210 valence electrons. The van der Waals surface area contributed by atoms with Crippen molar-refractivity contribution < 1.29 is 18.3 Å². The summed E-state index contributed by atoms with van der Waals surface area (Å²) in [6, 6.07) is 7.45. The Labute approximate surface area is 232 Å². The van der Waals surface area contributed by atoms with Gasteiger partial charge in [0.1, 0.15) is 23.2 Å². The van der Waals surface area contributed by atoms with Gasteiger partial charge in [0.2, 0.25) is 5.91 Å². The van der Waals surface area contributed by atoms with Gasteiger partial charge < -0.3 is 15.8 Å². The Kier molecular flexibility index (Phi) is 7.80. The van der Waals surface area contributed by atoms with Gasteiger partial charge in [0.15, 0.2) is 0 Å². The van der Waals surface area contributed by atoms with Crippen LogP contribution in [-0.2, 0) is 11.2 Å². The molecule has 4 aromatic rings. The zero-order valence-electron chi connectivity index (χ0n) is 23.1. The SMILES string of the molecule is CC(=O)N[C@@H]1[C@H](N)C[C@H](c2ccncc2Cc2ncc3ccc(-c4c(F)cc(OC(C)C)cc4F)nn23)C[C@@H]1C. The van der Waals surface area contributed by atoms with Crippen molar-refractivity contribution in [3.63, 3.8) is 0 Å². The highest BCUT2D eigenvalue weighted by molar-refractivity contribution is 5.73. The number of carbonyl (C=O) groups excluding carboxylic acids is 1. The van der Waals surface area contributed by atoms with Crippen molar-refractivity contribution in [2.24, 2.45) is 11.7 Å². The summed E-state index contributed by atoms with van der Waals surface area (Å²) in [4.78, 5) is 20.6. The molecule has 0 saturated heterocycles. The molecule has 1 amide bonds. The Morgan fingerprint density at radius 2 is 1.93 bits per heavy atom. The van der Waals surface area contributed by atoms with Crippen molar-refractivity contribution in [2.75, 3.05) is 0 Å². The largest absolute Gasteiger partial charge is 0.491 e. The molecule has 1 aliphatic carbocycles. The van der Waals surface area contributed by atoms with E-state index in [1.807, 2.05) is 12.3 Å². The number of hydrogen-bond donors (Lipinski definition) is 2. The minimum atomic E-state index is -0.751. The summed E-state index contributed by atoms with van der Waals surface area (Å²) in [5, 5.41) is 7.57. The van der Waals surface area contributed by atoms with Gasteiger partial charge in [-0.05, 0) is 67.9 Å². The van der Waals surface area contributed by atoms with E-state index in [9.17, 15) is 4.79 Å². The van der Waals surface area contributed by atoms with Crippen LogP contribution in [0.2, 0.25) is 0 Å². The fraction of sp³-hybridized carbons (Fsp3) is 0.400. The van der Waals surface area contributed by atoms with E-state index in [1.54, 1.807) is 42.9 Å². The molecule has 0 unspecified atom stereocenters. The van der Waals surface area contributed by atoms with Gasteiger partial charge in [-0.2, -0.15) is 5.10 Å². The van der Waals surface area contributed by atoms with E-state index in [0.717, 1.165) is 24.0 Å². The van der Waals surface area contributed by atoms with Gasteiger partial charge in [-0.1, -0.05) is 6.92 Å². The van der Waals surface area contributed by atoms with Crippen LogP contribution in [0.5, 0.6) is 5.75 Å². The van der Waals surface area contributed by atoms with Crippen molar-refractivity contribution in [2.45, 2.75) is 71.1 Å². The molecule has 1 saturated carbocycles. The number of carbonyl (C=O) groups is 1. The lowest BCUT2D eigenvalue weighted by Gasteiger charge is -2.39. The van der Waals surface area contributed by atoms with Crippen molar-refractivity contribution in [1.29, 1.82) is 0 Å². The molecular weight excluding hydrogens is 514 g/mol. The molecule has 3 aromatic heterocycles. The van der Waals surface area contributed by atoms with Crippen molar-refractivity contribution in [3.8, 4) is 17.0 Å². The number of halogens is 2. The van der Waals surface area contributed by atoms with Gasteiger partial charge in [-0.3, -0.25) is 9.78 Å². The standard InChI is InChI=1S/C30H34F2N6O2/c1-16(2)40-22-12-24(31)29(25(32)13-22)27-6-5-21-15-35-28(38(21)37-27)11-20-14-34-8-7-23(20)19-9-17(3)30(26(33)10-19)36-18(4)39/h5-8,12-17,19,26,30H,9-11,33H2,1-4H3,(H,36,39)/t17-,19+,26+,30-/m0/s1. The average Bonchev–Trinajstić information content (AvgIpc) is 3.27. The predicted octanol–water partition coefficient (Wildman–Crippen LogP) is 4.79. The summed E-state index contributed by atoms with van der Waals surface area (Å²) in [6.07, 6.45) is 7.09. The number of nitrogens with zero attached hydrogens (tertiary/aromatic N) is 4. The molecule has 0 bridgehead atoms. The number of pyridine rings is 1. The zero-order chi connectivity index (χ0) is 28.6. The molecule has 1 aromatic carbocycles. The number of nitrogens with two attached hydrogens (primary N) is 1. The number of aromatic nitrogens is 4. The highest BCUT2D eigenvalue weighted by Crippen LogP contribution is 2.37. The smallest absolute Gasteiger partial charge is 0.217 e. The molecule has 1 fully saturated rings. The predicted molar refractivity (Wildman–Crippen MR) is 148 cm³/mol. The first-order valence-electron chi connectivity index (χ1n) is 13.6. The molecule has 0 radical (unpaired) electrons. The third kappa shape index (κ3) is 5.67. The van der Waals surface area contributed by atoms with Crippen LogP contribution in [0.25, 0.3) is 16.8 Å². The van der Waals surface area contributed by atoms with Gasteiger partial charge in [-0.15, -0.1) is 0 Å². The molecule has 0 aliphatic heterocycles. The lowest BCUT2D eigenvalue weighted by Crippen LogP contribution is -2.54. The van der Waals surface area contributed by atoms with E-state index in [1.165, 1.54) is 19.1 Å². The number of fused-ring (bicyclic) bond motifs is 1. The molecule has 3 N–H and O–H groups in total. The minimum Gasteiger partial charge on any atom is -0.491 e. The van der Waals surface area contributed by atoms with Crippen LogP contribution < -0.4 is 15.8 Å². The van der Waals surface area contributed by atoms with Crippen LogP contribution in [0.4, 0.5) is 8.78 Å².